The minimum atomic E-state index is -0.172. The second-order valence-electron chi connectivity index (χ2n) is 3.83. The number of rotatable bonds is 5. The molecular weight excluding hydrogens is 242 g/mol. The number of aryl methyl sites for hydroxylation is 1. The third-order valence-corrected chi connectivity index (χ3v) is 3.59. The number of hydrogen-bond acceptors (Lipinski definition) is 4. The standard InChI is InChI=1S/C11H17NO2S2/c1-4-5-7(2)14-10(13)6-9-8(3)12-11(15)16-9/h7H,4-6H2,1-3H3,(H,12,15). The third kappa shape index (κ3) is 4.06. The van der Waals surface area contributed by atoms with Gasteiger partial charge in [-0.25, -0.2) is 0 Å². The number of carbonyl (C=O) groups excluding carboxylic acids is 1. The summed E-state index contributed by atoms with van der Waals surface area (Å²) in [4.78, 5) is 15.6. The molecule has 1 rings (SSSR count). The van der Waals surface area contributed by atoms with Crippen molar-refractivity contribution >= 4 is 29.5 Å². The minimum Gasteiger partial charge on any atom is -0.462 e. The molecule has 0 aromatic carbocycles. The lowest BCUT2D eigenvalue weighted by Gasteiger charge is -2.11. The van der Waals surface area contributed by atoms with Crippen molar-refractivity contribution in [3.8, 4) is 0 Å². The Bertz CT molecular complexity index is 408. The number of nitrogens with one attached hydrogen (secondary N) is 1. The van der Waals surface area contributed by atoms with E-state index in [1.165, 1.54) is 11.3 Å². The first-order valence-corrected chi connectivity index (χ1v) is 6.63. The van der Waals surface area contributed by atoms with Crippen molar-refractivity contribution in [2.45, 2.75) is 46.1 Å². The predicted octanol–water partition coefficient (Wildman–Crippen LogP) is 3.39. The molecule has 5 heteroatoms. The molecule has 0 spiro atoms. The number of aromatic amines is 1. The summed E-state index contributed by atoms with van der Waals surface area (Å²) >= 11 is 6.46. The van der Waals surface area contributed by atoms with Crippen LogP contribution < -0.4 is 0 Å². The summed E-state index contributed by atoms with van der Waals surface area (Å²) in [6, 6.07) is 0. The summed E-state index contributed by atoms with van der Waals surface area (Å²) in [6.45, 7) is 5.92. The van der Waals surface area contributed by atoms with Crippen LogP contribution in [0.1, 0.15) is 37.3 Å². The van der Waals surface area contributed by atoms with Crippen LogP contribution in [0.5, 0.6) is 0 Å². The maximum atomic E-state index is 11.6. The van der Waals surface area contributed by atoms with Crippen LogP contribution in [0.4, 0.5) is 0 Å². The lowest BCUT2D eigenvalue weighted by Crippen LogP contribution is -2.16. The van der Waals surface area contributed by atoms with E-state index in [0.717, 1.165) is 23.4 Å². The van der Waals surface area contributed by atoms with Crippen molar-refractivity contribution in [3.05, 3.63) is 14.5 Å². The Morgan fingerprint density at radius 2 is 2.31 bits per heavy atom. The largest absolute Gasteiger partial charge is 0.462 e. The minimum absolute atomic E-state index is 0.00437. The first-order chi connectivity index (χ1) is 7.52. The van der Waals surface area contributed by atoms with Crippen molar-refractivity contribution in [2.75, 3.05) is 0 Å². The van der Waals surface area contributed by atoms with Gasteiger partial charge in [0.15, 0.2) is 3.95 Å². The zero-order valence-electron chi connectivity index (χ0n) is 9.83. The van der Waals surface area contributed by atoms with Crippen LogP contribution in [-0.2, 0) is 16.0 Å². The zero-order valence-corrected chi connectivity index (χ0v) is 11.5. The molecule has 0 aliphatic heterocycles. The number of hydrogen-bond donors (Lipinski definition) is 1. The Kier molecular flexibility index (Phi) is 5.15. The molecule has 0 aliphatic carbocycles. The van der Waals surface area contributed by atoms with Gasteiger partial charge in [-0.05, 0) is 32.5 Å². The second kappa shape index (κ2) is 6.15. The van der Waals surface area contributed by atoms with Crippen LogP contribution >= 0.6 is 23.6 Å². The van der Waals surface area contributed by atoms with Crippen LogP contribution in [0.25, 0.3) is 0 Å². The van der Waals surface area contributed by atoms with Crippen LogP contribution in [-0.4, -0.2) is 17.1 Å². The van der Waals surface area contributed by atoms with Crippen LogP contribution in [0, 0.1) is 10.9 Å². The van der Waals surface area contributed by atoms with E-state index >= 15 is 0 Å². The molecule has 1 aromatic rings. The Morgan fingerprint density at radius 1 is 1.62 bits per heavy atom. The molecule has 1 heterocycles. The molecule has 90 valence electrons. The van der Waals surface area contributed by atoms with Crippen molar-refractivity contribution in [3.63, 3.8) is 0 Å². The van der Waals surface area contributed by atoms with E-state index in [9.17, 15) is 4.79 Å². The highest BCUT2D eigenvalue weighted by molar-refractivity contribution is 7.73. The molecule has 0 saturated heterocycles. The third-order valence-electron chi connectivity index (χ3n) is 2.26. The van der Waals surface area contributed by atoms with Gasteiger partial charge in [0.05, 0.1) is 12.5 Å². The summed E-state index contributed by atoms with van der Waals surface area (Å²) in [5.41, 5.74) is 0.968. The molecular formula is C11H17NO2S2. The van der Waals surface area contributed by atoms with Crippen molar-refractivity contribution in [1.82, 2.24) is 4.98 Å². The SMILES string of the molecule is CCCC(C)OC(=O)Cc1sc(=S)[nH]c1C. The van der Waals surface area contributed by atoms with Gasteiger partial charge < -0.3 is 9.72 Å². The fourth-order valence-corrected chi connectivity index (χ4v) is 2.74. The van der Waals surface area contributed by atoms with E-state index in [4.69, 9.17) is 17.0 Å². The smallest absolute Gasteiger partial charge is 0.311 e. The Balaban J connectivity index is 2.51. The number of aromatic nitrogens is 1. The number of esters is 1. The Labute approximate surface area is 105 Å². The summed E-state index contributed by atoms with van der Waals surface area (Å²) in [7, 11) is 0. The normalized spacial score (nSPS) is 12.4. The van der Waals surface area contributed by atoms with Gasteiger partial charge >= 0.3 is 5.97 Å². The average Bonchev–Trinajstić information content (AvgIpc) is 2.44. The van der Waals surface area contributed by atoms with Gasteiger partial charge in [0.2, 0.25) is 0 Å². The number of carbonyl (C=O) groups is 1. The topological polar surface area (TPSA) is 42.1 Å². The summed E-state index contributed by atoms with van der Waals surface area (Å²) in [5, 5.41) is 0. The molecule has 1 N–H and O–H groups in total. The lowest BCUT2D eigenvalue weighted by atomic mass is 10.2. The molecule has 0 radical (unpaired) electrons. The van der Waals surface area contributed by atoms with Gasteiger partial charge in [-0.2, -0.15) is 0 Å². The average molecular weight is 259 g/mol. The summed E-state index contributed by atoms with van der Waals surface area (Å²) in [6.07, 6.45) is 2.26. The van der Waals surface area contributed by atoms with Gasteiger partial charge in [0.25, 0.3) is 0 Å². The lowest BCUT2D eigenvalue weighted by molar-refractivity contribution is -0.147. The molecule has 1 aromatic heterocycles. The first-order valence-electron chi connectivity index (χ1n) is 5.41. The highest BCUT2D eigenvalue weighted by Crippen LogP contribution is 2.16. The number of thiazole rings is 1. The summed E-state index contributed by atoms with van der Waals surface area (Å²) in [5.74, 6) is -0.172. The molecule has 3 nitrogen and oxygen atoms in total. The van der Waals surface area contributed by atoms with Gasteiger partial charge in [0, 0.05) is 10.6 Å². The molecule has 0 amide bonds. The van der Waals surface area contributed by atoms with E-state index in [1.807, 2.05) is 13.8 Å². The maximum absolute atomic E-state index is 11.6. The molecule has 1 atom stereocenters. The number of ether oxygens (including phenoxy) is 1. The quantitative estimate of drug-likeness (QED) is 0.651. The zero-order chi connectivity index (χ0) is 12.1. The summed E-state index contributed by atoms with van der Waals surface area (Å²) < 4.78 is 5.99. The van der Waals surface area contributed by atoms with Crippen molar-refractivity contribution in [1.29, 1.82) is 0 Å². The second-order valence-corrected chi connectivity index (χ2v) is 5.60. The van der Waals surface area contributed by atoms with E-state index in [-0.39, 0.29) is 12.1 Å². The Hall–Kier alpha value is -0.680. The van der Waals surface area contributed by atoms with Crippen LogP contribution in [0.2, 0.25) is 0 Å². The van der Waals surface area contributed by atoms with E-state index in [0.29, 0.717) is 10.4 Å². The molecule has 0 saturated carbocycles. The van der Waals surface area contributed by atoms with Gasteiger partial charge in [-0.3, -0.25) is 4.79 Å². The van der Waals surface area contributed by atoms with E-state index in [2.05, 4.69) is 11.9 Å². The monoisotopic (exact) mass is 259 g/mol. The van der Waals surface area contributed by atoms with Gasteiger partial charge in [-0.15, -0.1) is 11.3 Å². The molecule has 0 aliphatic rings. The van der Waals surface area contributed by atoms with Crippen molar-refractivity contribution < 1.29 is 9.53 Å². The van der Waals surface area contributed by atoms with E-state index < -0.39 is 0 Å². The predicted molar refractivity (Wildman–Crippen MR) is 68.4 cm³/mol. The van der Waals surface area contributed by atoms with Crippen LogP contribution in [0.15, 0.2) is 0 Å². The number of H-pyrrole nitrogens is 1. The Morgan fingerprint density at radius 3 is 2.81 bits per heavy atom. The first kappa shape index (κ1) is 13.4. The van der Waals surface area contributed by atoms with Crippen molar-refractivity contribution in [2.24, 2.45) is 0 Å². The molecule has 0 fully saturated rings. The fourth-order valence-electron chi connectivity index (χ4n) is 1.47. The highest BCUT2D eigenvalue weighted by Gasteiger charge is 2.12. The van der Waals surface area contributed by atoms with E-state index in [1.54, 1.807) is 0 Å². The maximum Gasteiger partial charge on any atom is 0.311 e. The highest BCUT2D eigenvalue weighted by atomic mass is 32.1. The van der Waals surface area contributed by atoms with Gasteiger partial charge in [0.1, 0.15) is 0 Å². The molecule has 1 unspecified atom stereocenters. The van der Waals surface area contributed by atoms with Crippen LogP contribution in [0.3, 0.4) is 0 Å². The fraction of sp³-hybridized carbons (Fsp3) is 0.636. The molecule has 16 heavy (non-hydrogen) atoms. The molecule has 0 bridgehead atoms. The van der Waals surface area contributed by atoms with Gasteiger partial charge in [-0.1, -0.05) is 13.3 Å².